The van der Waals surface area contributed by atoms with Gasteiger partial charge < -0.3 is 10.5 Å². The Hall–Kier alpha value is -0.670. The summed E-state index contributed by atoms with van der Waals surface area (Å²) in [4.78, 5) is 0. The summed E-state index contributed by atoms with van der Waals surface area (Å²) in [6, 6.07) is -0.230. The van der Waals surface area contributed by atoms with E-state index in [1.165, 1.54) is 12.2 Å². The number of hydrogen-bond acceptors (Lipinski definition) is 2. The molecule has 0 heterocycles. The van der Waals surface area contributed by atoms with Gasteiger partial charge in [0.05, 0.1) is 18.2 Å². The molecule has 0 aliphatic heterocycles. The summed E-state index contributed by atoms with van der Waals surface area (Å²) in [6.07, 6.45) is 4.13. The molecule has 0 saturated carbocycles. The van der Waals surface area contributed by atoms with Gasteiger partial charge >= 0.3 is 0 Å². The molecule has 2 nitrogen and oxygen atoms in total. The van der Waals surface area contributed by atoms with Crippen LogP contribution >= 0.6 is 0 Å². The molecule has 0 aromatic heterocycles. The van der Waals surface area contributed by atoms with E-state index < -0.39 is 0 Å². The Bertz CT molecular complexity index is 211. The van der Waals surface area contributed by atoms with Crippen LogP contribution in [0.2, 0.25) is 0 Å². The van der Waals surface area contributed by atoms with Crippen LogP contribution in [0.25, 0.3) is 0 Å². The number of rotatable bonds is 2. The second kappa shape index (κ2) is 3.83. The molecule has 0 aromatic rings. The lowest BCUT2D eigenvalue weighted by molar-refractivity contribution is 0.0274. The van der Waals surface area contributed by atoms with Gasteiger partial charge in [-0.05, 0) is 26.0 Å². The first-order chi connectivity index (χ1) is 5.59. The fourth-order valence-electron chi connectivity index (χ4n) is 1.08. The molecule has 1 aliphatic carbocycles. The van der Waals surface area contributed by atoms with Crippen LogP contribution in [0, 0.1) is 0 Å². The Morgan fingerprint density at radius 2 is 2.25 bits per heavy atom. The van der Waals surface area contributed by atoms with Gasteiger partial charge in [-0.15, -0.1) is 0 Å². The summed E-state index contributed by atoms with van der Waals surface area (Å²) in [6.45, 7) is 3.80. The zero-order valence-corrected chi connectivity index (χ0v) is 7.33. The molecule has 0 aromatic carbocycles. The van der Waals surface area contributed by atoms with E-state index in [1.54, 1.807) is 6.08 Å². The standard InChI is InChI=1S/C9H14FNO/c1-6(2)12-9-5-7(10)3-4-8(9)11/h3-6,8-9H,11H2,1-2H3. The molecular formula is C9H14FNO. The predicted molar refractivity (Wildman–Crippen MR) is 46.3 cm³/mol. The quantitative estimate of drug-likeness (QED) is 0.683. The zero-order valence-electron chi connectivity index (χ0n) is 7.33. The van der Waals surface area contributed by atoms with Crippen molar-refractivity contribution in [1.82, 2.24) is 0 Å². The summed E-state index contributed by atoms with van der Waals surface area (Å²) < 4.78 is 18.1. The second-order valence-electron chi connectivity index (χ2n) is 3.14. The van der Waals surface area contributed by atoms with Gasteiger partial charge in [0.1, 0.15) is 5.83 Å². The number of allylic oxidation sites excluding steroid dienone is 2. The maximum atomic E-state index is 12.7. The summed E-state index contributed by atoms with van der Waals surface area (Å²) in [7, 11) is 0. The topological polar surface area (TPSA) is 35.2 Å². The Balaban J connectivity index is 2.58. The number of hydrogen-bond donors (Lipinski definition) is 1. The fourth-order valence-corrected chi connectivity index (χ4v) is 1.08. The maximum absolute atomic E-state index is 12.7. The highest BCUT2D eigenvalue weighted by molar-refractivity contribution is 5.23. The molecular weight excluding hydrogens is 157 g/mol. The Morgan fingerprint density at radius 1 is 1.58 bits per heavy atom. The van der Waals surface area contributed by atoms with E-state index in [2.05, 4.69) is 0 Å². The first kappa shape index (κ1) is 9.42. The maximum Gasteiger partial charge on any atom is 0.121 e. The monoisotopic (exact) mass is 171 g/mol. The Morgan fingerprint density at radius 3 is 2.83 bits per heavy atom. The van der Waals surface area contributed by atoms with E-state index in [0.29, 0.717) is 0 Å². The van der Waals surface area contributed by atoms with Crippen LogP contribution in [-0.2, 0) is 4.74 Å². The van der Waals surface area contributed by atoms with Crippen molar-refractivity contribution >= 4 is 0 Å². The molecule has 0 saturated heterocycles. The van der Waals surface area contributed by atoms with E-state index >= 15 is 0 Å². The molecule has 0 bridgehead atoms. The Kier molecular flexibility index (Phi) is 3.00. The van der Waals surface area contributed by atoms with E-state index in [0.717, 1.165) is 0 Å². The van der Waals surface area contributed by atoms with Crippen LogP contribution < -0.4 is 5.73 Å². The van der Waals surface area contributed by atoms with Crippen LogP contribution in [0.15, 0.2) is 24.1 Å². The molecule has 2 atom stereocenters. The smallest absolute Gasteiger partial charge is 0.121 e. The van der Waals surface area contributed by atoms with E-state index in [4.69, 9.17) is 10.5 Å². The van der Waals surface area contributed by atoms with Gasteiger partial charge in [-0.1, -0.05) is 6.08 Å². The van der Waals surface area contributed by atoms with Crippen molar-refractivity contribution in [2.24, 2.45) is 5.73 Å². The molecule has 12 heavy (non-hydrogen) atoms. The van der Waals surface area contributed by atoms with Gasteiger partial charge in [0, 0.05) is 0 Å². The largest absolute Gasteiger partial charge is 0.369 e. The minimum Gasteiger partial charge on any atom is -0.369 e. The minimum atomic E-state index is -0.324. The van der Waals surface area contributed by atoms with Crippen molar-refractivity contribution in [2.45, 2.75) is 32.1 Å². The highest BCUT2D eigenvalue weighted by atomic mass is 19.1. The van der Waals surface area contributed by atoms with Crippen LogP contribution in [0.4, 0.5) is 4.39 Å². The number of ether oxygens (including phenoxy) is 1. The highest BCUT2D eigenvalue weighted by Crippen LogP contribution is 2.14. The SMILES string of the molecule is CC(C)OC1C=C(F)C=CC1N. The summed E-state index contributed by atoms with van der Waals surface area (Å²) in [5.74, 6) is -0.276. The van der Waals surface area contributed by atoms with Crippen molar-refractivity contribution in [3.05, 3.63) is 24.1 Å². The van der Waals surface area contributed by atoms with Crippen LogP contribution in [0.1, 0.15) is 13.8 Å². The molecule has 0 radical (unpaired) electrons. The summed E-state index contributed by atoms with van der Waals surface area (Å²) in [5.41, 5.74) is 5.67. The van der Waals surface area contributed by atoms with Crippen molar-refractivity contribution in [2.75, 3.05) is 0 Å². The third kappa shape index (κ3) is 2.43. The predicted octanol–water partition coefficient (Wildman–Crippen LogP) is 1.53. The molecule has 1 aliphatic rings. The van der Waals surface area contributed by atoms with Crippen LogP contribution in [0.5, 0.6) is 0 Å². The van der Waals surface area contributed by atoms with Crippen molar-refractivity contribution in [3.63, 3.8) is 0 Å². The van der Waals surface area contributed by atoms with Crippen LogP contribution in [-0.4, -0.2) is 18.2 Å². The van der Waals surface area contributed by atoms with E-state index in [9.17, 15) is 4.39 Å². The average Bonchev–Trinajstić information content (AvgIpc) is 1.96. The van der Waals surface area contributed by atoms with Gasteiger partial charge in [-0.2, -0.15) is 0 Å². The molecule has 2 unspecified atom stereocenters. The first-order valence-electron chi connectivity index (χ1n) is 4.06. The molecule has 1 rings (SSSR count). The molecule has 68 valence electrons. The van der Waals surface area contributed by atoms with Gasteiger partial charge in [-0.25, -0.2) is 4.39 Å². The number of nitrogens with two attached hydrogens (primary N) is 1. The summed E-state index contributed by atoms with van der Waals surface area (Å²) in [5, 5.41) is 0. The third-order valence-electron chi connectivity index (χ3n) is 1.61. The lowest BCUT2D eigenvalue weighted by atomic mass is 10.1. The van der Waals surface area contributed by atoms with Gasteiger partial charge in [0.15, 0.2) is 0 Å². The Labute approximate surface area is 71.9 Å². The second-order valence-corrected chi connectivity index (χ2v) is 3.14. The normalized spacial score (nSPS) is 29.2. The van der Waals surface area contributed by atoms with E-state index in [1.807, 2.05) is 13.8 Å². The lowest BCUT2D eigenvalue weighted by Crippen LogP contribution is -2.36. The van der Waals surface area contributed by atoms with Crippen molar-refractivity contribution < 1.29 is 9.13 Å². The van der Waals surface area contributed by atoms with Gasteiger partial charge in [-0.3, -0.25) is 0 Å². The van der Waals surface area contributed by atoms with Gasteiger partial charge in [0.25, 0.3) is 0 Å². The van der Waals surface area contributed by atoms with Crippen molar-refractivity contribution in [1.29, 1.82) is 0 Å². The first-order valence-corrected chi connectivity index (χ1v) is 4.06. The lowest BCUT2D eigenvalue weighted by Gasteiger charge is -2.23. The zero-order chi connectivity index (χ0) is 9.14. The molecule has 3 heteroatoms. The number of halogens is 1. The third-order valence-corrected chi connectivity index (χ3v) is 1.61. The highest BCUT2D eigenvalue weighted by Gasteiger charge is 2.18. The molecule has 0 fully saturated rings. The van der Waals surface area contributed by atoms with Gasteiger partial charge in [0.2, 0.25) is 0 Å². The minimum absolute atomic E-state index is 0.0663. The van der Waals surface area contributed by atoms with Crippen molar-refractivity contribution in [3.8, 4) is 0 Å². The van der Waals surface area contributed by atoms with E-state index in [-0.39, 0.29) is 24.1 Å². The summed E-state index contributed by atoms with van der Waals surface area (Å²) >= 11 is 0. The fraction of sp³-hybridized carbons (Fsp3) is 0.556. The molecule has 0 spiro atoms. The van der Waals surface area contributed by atoms with Crippen LogP contribution in [0.3, 0.4) is 0 Å². The molecule has 0 amide bonds. The molecule has 2 N–H and O–H groups in total. The average molecular weight is 171 g/mol.